The molecule has 8 nitrogen and oxygen atoms in total. The molecule has 2 aromatic rings. The van der Waals surface area contributed by atoms with E-state index in [2.05, 4.69) is 15.5 Å². The number of halogens is 2. The molecule has 0 saturated heterocycles. The Morgan fingerprint density at radius 2 is 1.90 bits per heavy atom. The third-order valence-electron chi connectivity index (χ3n) is 3.65. The fourth-order valence-corrected chi connectivity index (χ4v) is 4.04. The van der Waals surface area contributed by atoms with E-state index in [-0.39, 0.29) is 16.8 Å². The summed E-state index contributed by atoms with van der Waals surface area (Å²) in [6.45, 7) is 8.82. The van der Waals surface area contributed by atoms with Gasteiger partial charge in [-0.25, -0.2) is 13.2 Å². The van der Waals surface area contributed by atoms with E-state index >= 15 is 0 Å². The van der Waals surface area contributed by atoms with Crippen molar-refractivity contribution in [1.82, 2.24) is 15.5 Å². The number of carbonyl (C=O) groups excluding carboxylic acids is 1. The number of ether oxygens (including phenoxy) is 1. The van der Waals surface area contributed by atoms with Gasteiger partial charge < -0.3 is 14.5 Å². The number of nitrogens with zero attached hydrogens (tertiary/aromatic N) is 2. The van der Waals surface area contributed by atoms with Crippen LogP contribution in [0.15, 0.2) is 27.8 Å². The predicted molar refractivity (Wildman–Crippen MR) is 109 cm³/mol. The highest BCUT2D eigenvalue weighted by Crippen LogP contribution is 2.27. The third kappa shape index (κ3) is 6.58. The van der Waals surface area contributed by atoms with Gasteiger partial charge in [-0.2, -0.15) is 0 Å². The SMILES string of the molecule is CC(C)[C@H](NC(=O)OC(C)(C)C)c1nnc(S(=O)(=O)Cc2ccc(Cl)cc2Cl)o1. The predicted octanol–water partition coefficient (Wildman–Crippen LogP) is 4.57. The molecule has 0 aliphatic carbocycles. The zero-order chi connectivity index (χ0) is 22.0. The van der Waals surface area contributed by atoms with Gasteiger partial charge >= 0.3 is 11.3 Å². The zero-order valence-electron chi connectivity index (χ0n) is 16.7. The van der Waals surface area contributed by atoms with Gasteiger partial charge in [-0.1, -0.05) is 48.2 Å². The molecular weight excluding hydrogens is 441 g/mol. The van der Waals surface area contributed by atoms with Crippen LogP contribution in [0.3, 0.4) is 0 Å². The Bertz CT molecular complexity index is 984. The van der Waals surface area contributed by atoms with Gasteiger partial charge in [-0.3, -0.25) is 0 Å². The summed E-state index contributed by atoms with van der Waals surface area (Å²) in [4.78, 5) is 12.1. The van der Waals surface area contributed by atoms with E-state index < -0.39 is 38.5 Å². The number of amides is 1. The van der Waals surface area contributed by atoms with Gasteiger partial charge in [0.05, 0.1) is 5.75 Å². The maximum absolute atomic E-state index is 12.7. The molecule has 1 N–H and O–H groups in total. The molecule has 1 atom stereocenters. The number of hydrogen-bond donors (Lipinski definition) is 1. The van der Waals surface area contributed by atoms with Crippen LogP contribution in [0.4, 0.5) is 4.79 Å². The lowest BCUT2D eigenvalue weighted by Crippen LogP contribution is -2.37. The number of alkyl carbamates (subject to hydrolysis) is 1. The first kappa shape index (κ1) is 23.4. The molecule has 160 valence electrons. The summed E-state index contributed by atoms with van der Waals surface area (Å²) >= 11 is 11.9. The second-order valence-electron chi connectivity index (χ2n) is 7.77. The molecule has 0 saturated carbocycles. The molecule has 1 heterocycles. The molecular formula is C18H23Cl2N3O5S. The molecule has 0 unspecified atom stereocenters. The molecule has 2 rings (SSSR count). The number of rotatable bonds is 6. The van der Waals surface area contributed by atoms with Crippen LogP contribution in [-0.2, 0) is 20.3 Å². The van der Waals surface area contributed by atoms with Crippen molar-refractivity contribution in [3.05, 3.63) is 39.7 Å². The van der Waals surface area contributed by atoms with Crippen LogP contribution >= 0.6 is 23.2 Å². The van der Waals surface area contributed by atoms with E-state index in [4.69, 9.17) is 32.4 Å². The lowest BCUT2D eigenvalue weighted by Gasteiger charge is -2.23. The van der Waals surface area contributed by atoms with Crippen LogP contribution in [0, 0.1) is 5.92 Å². The number of hydrogen-bond acceptors (Lipinski definition) is 7. The number of benzene rings is 1. The van der Waals surface area contributed by atoms with Crippen molar-refractivity contribution in [2.24, 2.45) is 5.92 Å². The molecule has 0 bridgehead atoms. The second kappa shape index (κ2) is 8.89. The van der Waals surface area contributed by atoms with Crippen LogP contribution in [0.1, 0.15) is 52.1 Å². The van der Waals surface area contributed by atoms with Gasteiger partial charge in [0.1, 0.15) is 11.6 Å². The minimum Gasteiger partial charge on any atom is -0.444 e. The average molecular weight is 464 g/mol. The summed E-state index contributed by atoms with van der Waals surface area (Å²) in [6.07, 6.45) is -0.674. The number of sulfone groups is 1. The van der Waals surface area contributed by atoms with Gasteiger partial charge in [0.25, 0.3) is 0 Å². The average Bonchev–Trinajstić information content (AvgIpc) is 3.04. The van der Waals surface area contributed by atoms with Crippen LogP contribution < -0.4 is 5.32 Å². The Morgan fingerprint density at radius 1 is 1.24 bits per heavy atom. The van der Waals surface area contributed by atoms with Crippen LogP contribution in [0.5, 0.6) is 0 Å². The van der Waals surface area contributed by atoms with Crippen molar-refractivity contribution in [2.75, 3.05) is 0 Å². The standard InChI is InChI=1S/C18H23Cl2N3O5S/c1-10(2)14(21-16(24)28-18(3,4)5)15-22-23-17(27-15)29(25,26)9-11-6-7-12(19)8-13(11)20/h6-8,10,14H,9H2,1-5H3,(H,21,24)/t14-/m0/s1. The van der Waals surface area contributed by atoms with Crippen molar-refractivity contribution in [2.45, 2.75) is 57.2 Å². The summed E-state index contributed by atoms with van der Waals surface area (Å²) in [5.41, 5.74) is -0.338. The lowest BCUT2D eigenvalue weighted by atomic mass is 10.1. The number of carbonyl (C=O) groups is 1. The monoisotopic (exact) mass is 463 g/mol. The highest BCUT2D eigenvalue weighted by molar-refractivity contribution is 7.90. The molecule has 0 spiro atoms. The van der Waals surface area contributed by atoms with E-state index in [1.54, 1.807) is 20.8 Å². The van der Waals surface area contributed by atoms with Gasteiger partial charge in [0.2, 0.25) is 15.7 Å². The Morgan fingerprint density at radius 3 is 2.45 bits per heavy atom. The van der Waals surface area contributed by atoms with Crippen molar-refractivity contribution < 1.29 is 22.4 Å². The maximum atomic E-state index is 12.7. The van der Waals surface area contributed by atoms with Gasteiger partial charge in [-0.15, -0.1) is 5.10 Å². The van der Waals surface area contributed by atoms with E-state index in [0.29, 0.717) is 10.6 Å². The summed E-state index contributed by atoms with van der Waals surface area (Å²) in [5.74, 6) is -0.632. The smallest absolute Gasteiger partial charge is 0.408 e. The summed E-state index contributed by atoms with van der Waals surface area (Å²) in [7, 11) is -3.96. The van der Waals surface area contributed by atoms with Crippen LogP contribution in [0.2, 0.25) is 10.0 Å². The molecule has 29 heavy (non-hydrogen) atoms. The quantitative estimate of drug-likeness (QED) is 0.667. The molecule has 0 aliphatic rings. The molecule has 1 aromatic heterocycles. The first-order chi connectivity index (χ1) is 13.3. The zero-order valence-corrected chi connectivity index (χ0v) is 19.0. The Kier molecular flexibility index (Phi) is 7.19. The van der Waals surface area contributed by atoms with Gasteiger partial charge in [-0.05, 0) is 44.4 Å². The minimum atomic E-state index is -3.96. The summed E-state index contributed by atoms with van der Waals surface area (Å²) in [6, 6.07) is 3.78. The second-order valence-corrected chi connectivity index (χ2v) is 10.5. The Labute approximate surface area is 179 Å². The van der Waals surface area contributed by atoms with Crippen LogP contribution in [0.25, 0.3) is 0 Å². The van der Waals surface area contributed by atoms with Gasteiger partial charge in [0.15, 0.2) is 0 Å². The molecule has 0 radical (unpaired) electrons. The fourth-order valence-electron chi connectivity index (χ4n) is 2.33. The molecule has 0 aliphatic heterocycles. The molecule has 1 amide bonds. The van der Waals surface area contributed by atoms with E-state index in [1.165, 1.54) is 18.2 Å². The molecule has 11 heteroatoms. The van der Waals surface area contributed by atoms with Crippen molar-refractivity contribution in [3.63, 3.8) is 0 Å². The number of aromatic nitrogens is 2. The third-order valence-corrected chi connectivity index (χ3v) is 5.63. The topological polar surface area (TPSA) is 111 Å². The fraction of sp³-hybridized carbons (Fsp3) is 0.500. The lowest BCUT2D eigenvalue weighted by molar-refractivity contribution is 0.0477. The van der Waals surface area contributed by atoms with Gasteiger partial charge in [0, 0.05) is 10.0 Å². The Hall–Kier alpha value is -1.84. The normalized spacial score (nSPS) is 13.4. The van der Waals surface area contributed by atoms with Crippen molar-refractivity contribution in [3.8, 4) is 0 Å². The summed E-state index contributed by atoms with van der Waals surface area (Å²) in [5, 5.41) is 10.1. The van der Waals surface area contributed by atoms with E-state index in [0.717, 1.165) is 0 Å². The largest absolute Gasteiger partial charge is 0.444 e. The highest BCUT2D eigenvalue weighted by atomic mass is 35.5. The van der Waals surface area contributed by atoms with Crippen LogP contribution in [-0.4, -0.2) is 30.3 Å². The molecule has 0 fully saturated rings. The molecule has 1 aromatic carbocycles. The maximum Gasteiger partial charge on any atom is 0.408 e. The summed E-state index contributed by atoms with van der Waals surface area (Å²) < 4.78 is 35.9. The van der Waals surface area contributed by atoms with Crippen molar-refractivity contribution >= 4 is 39.1 Å². The first-order valence-electron chi connectivity index (χ1n) is 8.78. The number of nitrogens with one attached hydrogen (secondary N) is 1. The van der Waals surface area contributed by atoms with E-state index in [1.807, 2.05) is 13.8 Å². The van der Waals surface area contributed by atoms with Crippen molar-refractivity contribution in [1.29, 1.82) is 0 Å². The minimum absolute atomic E-state index is 0.0355. The first-order valence-corrected chi connectivity index (χ1v) is 11.2. The van der Waals surface area contributed by atoms with E-state index in [9.17, 15) is 13.2 Å². The Balaban J connectivity index is 2.23. The highest BCUT2D eigenvalue weighted by Gasteiger charge is 2.30.